The molecule has 0 fully saturated rings. The lowest BCUT2D eigenvalue weighted by Gasteiger charge is -1.82. The van der Waals surface area contributed by atoms with Gasteiger partial charge in [0, 0.05) is 0 Å². The maximum atomic E-state index is 8.82. The van der Waals surface area contributed by atoms with Crippen molar-refractivity contribution in [3.8, 4) is 0 Å². The molecule has 0 unspecified atom stereocenters. The third-order valence-corrected chi connectivity index (χ3v) is 0.977. The monoisotopic (exact) mass is 108 g/mol. The summed E-state index contributed by atoms with van der Waals surface area (Å²) in [7, 11) is 0. The van der Waals surface area contributed by atoms with E-state index in [1.54, 1.807) is 12.2 Å². The van der Waals surface area contributed by atoms with Crippen LogP contribution >= 0.6 is 0 Å². The summed E-state index contributed by atoms with van der Waals surface area (Å²) >= 11 is 0. The topological polar surface area (TPSA) is 20.2 Å². The zero-order valence-corrected chi connectivity index (χ0v) is 4.54. The van der Waals surface area contributed by atoms with Gasteiger partial charge in [-0.1, -0.05) is 18.2 Å². The number of hydrogen-bond acceptors (Lipinski definition) is 1. The van der Waals surface area contributed by atoms with Crippen molar-refractivity contribution in [1.82, 2.24) is 0 Å². The summed E-state index contributed by atoms with van der Waals surface area (Å²) in [5.74, 6) is 0.356. The Labute approximate surface area is 48.6 Å². The van der Waals surface area contributed by atoms with Gasteiger partial charge in [-0.2, -0.15) is 0 Å². The van der Waals surface area contributed by atoms with Crippen molar-refractivity contribution in [2.75, 3.05) is 0 Å². The molecule has 0 bridgehead atoms. The van der Waals surface area contributed by atoms with E-state index in [0.29, 0.717) is 5.76 Å². The third-order valence-electron chi connectivity index (χ3n) is 0.977. The standard InChI is InChI=1S/C7H8O/c8-7-5-3-1-2-4-6-7/h1-3,5-6,8H,4H2. The minimum atomic E-state index is 0.356. The molecular weight excluding hydrogens is 100 g/mol. The fraction of sp³-hybridized carbons (Fsp3) is 0.143. The minimum absolute atomic E-state index is 0.356. The smallest absolute Gasteiger partial charge is 0.111 e. The Morgan fingerprint density at radius 3 is 3.12 bits per heavy atom. The molecule has 0 heterocycles. The fourth-order valence-corrected chi connectivity index (χ4v) is 0.568. The molecule has 8 heavy (non-hydrogen) atoms. The lowest BCUT2D eigenvalue weighted by atomic mass is 10.4. The van der Waals surface area contributed by atoms with Crippen molar-refractivity contribution in [2.24, 2.45) is 0 Å². The van der Waals surface area contributed by atoms with Gasteiger partial charge in [0.15, 0.2) is 0 Å². The van der Waals surface area contributed by atoms with E-state index >= 15 is 0 Å². The predicted molar refractivity (Wildman–Crippen MR) is 33.6 cm³/mol. The first-order chi connectivity index (χ1) is 3.89. The molecule has 0 spiro atoms. The predicted octanol–water partition coefficient (Wildman–Crippen LogP) is 1.94. The quantitative estimate of drug-likeness (QED) is 0.502. The van der Waals surface area contributed by atoms with Crippen LogP contribution in [0, 0.1) is 0 Å². The molecule has 0 saturated carbocycles. The molecule has 1 aliphatic carbocycles. The van der Waals surface area contributed by atoms with Crippen LogP contribution in [0.3, 0.4) is 0 Å². The first kappa shape index (κ1) is 5.16. The van der Waals surface area contributed by atoms with Crippen LogP contribution in [0.25, 0.3) is 0 Å². The Morgan fingerprint density at radius 1 is 1.38 bits per heavy atom. The zero-order valence-electron chi connectivity index (χ0n) is 4.54. The van der Waals surface area contributed by atoms with Crippen LogP contribution in [0.1, 0.15) is 6.42 Å². The number of aliphatic hydroxyl groups excluding tert-OH is 1. The summed E-state index contributed by atoms with van der Waals surface area (Å²) in [4.78, 5) is 0. The Bertz CT molecular complexity index is 149. The second-order valence-electron chi connectivity index (χ2n) is 1.65. The largest absolute Gasteiger partial charge is 0.508 e. The highest BCUT2D eigenvalue weighted by Gasteiger charge is 1.83. The van der Waals surface area contributed by atoms with Crippen LogP contribution in [0.15, 0.2) is 36.1 Å². The molecule has 1 heteroatoms. The zero-order chi connectivity index (χ0) is 5.82. The Balaban J connectivity index is 2.69. The second kappa shape index (κ2) is 2.36. The fourth-order valence-electron chi connectivity index (χ4n) is 0.568. The van der Waals surface area contributed by atoms with E-state index in [1.165, 1.54) is 0 Å². The molecule has 42 valence electrons. The highest BCUT2D eigenvalue weighted by Crippen LogP contribution is 1.99. The SMILES string of the molecule is OC1=CCC=CC=C1. The van der Waals surface area contributed by atoms with E-state index in [2.05, 4.69) is 0 Å². The third kappa shape index (κ3) is 1.26. The average Bonchev–Trinajstić information content (AvgIpc) is 1.94. The van der Waals surface area contributed by atoms with Crippen molar-refractivity contribution in [1.29, 1.82) is 0 Å². The number of allylic oxidation sites excluding steroid dienone is 5. The van der Waals surface area contributed by atoms with E-state index in [1.807, 2.05) is 18.2 Å². The molecule has 0 radical (unpaired) electrons. The molecule has 0 amide bonds. The lowest BCUT2D eigenvalue weighted by molar-refractivity contribution is 0.431. The van der Waals surface area contributed by atoms with E-state index < -0.39 is 0 Å². The van der Waals surface area contributed by atoms with Crippen molar-refractivity contribution in [3.63, 3.8) is 0 Å². The Morgan fingerprint density at radius 2 is 2.25 bits per heavy atom. The first-order valence-electron chi connectivity index (χ1n) is 2.62. The van der Waals surface area contributed by atoms with Crippen LogP contribution in [-0.4, -0.2) is 5.11 Å². The van der Waals surface area contributed by atoms with Crippen molar-refractivity contribution >= 4 is 0 Å². The summed E-state index contributed by atoms with van der Waals surface area (Å²) < 4.78 is 0. The van der Waals surface area contributed by atoms with Gasteiger partial charge in [0.25, 0.3) is 0 Å². The lowest BCUT2D eigenvalue weighted by Crippen LogP contribution is -1.68. The number of aliphatic hydroxyl groups is 1. The summed E-state index contributed by atoms with van der Waals surface area (Å²) in [6.45, 7) is 0. The van der Waals surface area contributed by atoms with Gasteiger partial charge >= 0.3 is 0 Å². The Hall–Kier alpha value is -0.980. The van der Waals surface area contributed by atoms with E-state index in [-0.39, 0.29) is 0 Å². The summed E-state index contributed by atoms with van der Waals surface area (Å²) in [5, 5.41) is 8.82. The summed E-state index contributed by atoms with van der Waals surface area (Å²) in [6, 6.07) is 0. The molecule has 0 aromatic rings. The molecule has 1 N–H and O–H groups in total. The molecule has 1 rings (SSSR count). The molecule has 0 aliphatic heterocycles. The van der Waals surface area contributed by atoms with Crippen LogP contribution in [0.4, 0.5) is 0 Å². The van der Waals surface area contributed by atoms with Crippen LogP contribution in [-0.2, 0) is 0 Å². The van der Waals surface area contributed by atoms with Gasteiger partial charge in [0.05, 0.1) is 0 Å². The number of rotatable bonds is 0. The van der Waals surface area contributed by atoms with E-state index in [9.17, 15) is 0 Å². The van der Waals surface area contributed by atoms with Gasteiger partial charge in [-0.15, -0.1) is 0 Å². The highest BCUT2D eigenvalue weighted by atomic mass is 16.3. The van der Waals surface area contributed by atoms with Crippen molar-refractivity contribution in [2.45, 2.75) is 6.42 Å². The van der Waals surface area contributed by atoms with E-state index in [4.69, 9.17) is 5.11 Å². The normalized spacial score (nSPS) is 17.8. The minimum Gasteiger partial charge on any atom is -0.508 e. The van der Waals surface area contributed by atoms with Crippen LogP contribution in [0.5, 0.6) is 0 Å². The maximum Gasteiger partial charge on any atom is 0.111 e. The molecule has 0 atom stereocenters. The van der Waals surface area contributed by atoms with Gasteiger partial charge in [-0.25, -0.2) is 0 Å². The van der Waals surface area contributed by atoms with Gasteiger partial charge in [0.1, 0.15) is 5.76 Å². The molecule has 0 aromatic heterocycles. The molecule has 1 nitrogen and oxygen atoms in total. The van der Waals surface area contributed by atoms with Gasteiger partial charge < -0.3 is 5.11 Å². The molecule has 0 aromatic carbocycles. The highest BCUT2D eigenvalue weighted by molar-refractivity contribution is 5.20. The molecule has 1 aliphatic rings. The maximum absolute atomic E-state index is 8.82. The molecular formula is C7H8O. The van der Waals surface area contributed by atoms with Gasteiger partial charge in [-0.05, 0) is 18.6 Å². The summed E-state index contributed by atoms with van der Waals surface area (Å²) in [5.41, 5.74) is 0. The average molecular weight is 108 g/mol. The van der Waals surface area contributed by atoms with Crippen LogP contribution in [0.2, 0.25) is 0 Å². The molecule has 0 saturated heterocycles. The first-order valence-corrected chi connectivity index (χ1v) is 2.62. The van der Waals surface area contributed by atoms with Gasteiger partial charge in [0.2, 0.25) is 0 Å². The van der Waals surface area contributed by atoms with Crippen molar-refractivity contribution < 1.29 is 5.11 Å². The summed E-state index contributed by atoms with van der Waals surface area (Å²) in [6.07, 6.45) is 9.99. The van der Waals surface area contributed by atoms with E-state index in [0.717, 1.165) is 6.42 Å². The second-order valence-corrected chi connectivity index (χ2v) is 1.65. The van der Waals surface area contributed by atoms with Crippen LogP contribution < -0.4 is 0 Å². The Kier molecular flexibility index (Phi) is 1.52. The van der Waals surface area contributed by atoms with Crippen molar-refractivity contribution in [3.05, 3.63) is 36.1 Å². The van der Waals surface area contributed by atoms with Gasteiger partial charge in [-0.3, -0.25) is 0 Å². The number of hydrogen-bond donors (Lipinski definition) is 1.